The van der Waals surface area contributed by atoms with E-state index in [0.717, 1.165) is 12.2 Å². The number of ether oxygens (including phenoxy) is 1. The molecule has 0 radical (unpaired) electrons. The van der Waals surface area contributed by atoms with Gasteiger partial charge in [-0.15, -0.1) is 0 Å². The lowest BCUT2D eigenvalue weighted by Gasteiger charge is -2.31. The number of hydrogen-bond donors (Lipinski definition) is 0. The molecule has 0 fully saturated rings. The molecule has 1 aromatic carbocycles. The molecule has 20 heavy (non-hydrogen) atoms. The van der Waals surface area contributed by atoms with E-state index in [0.29, 0.717) is 6.04 Å². The first-order chi connectivity index (χ1) is 9.80. The molecular weight excluding hydrogens is 246 g/mol. The Morgan fingerprint density at radius 1 is 1.20 bits per heavy atom. The first-order valence-corrected chi connectivity index (χ1v) is 8.18. The Labute approximate surface area is 124 Å². The zero-order valence-electron chi connectivity index (χ0n) is 13.3. The Kier molecular flexibility index (Phi) is 5.90. The van der Waals surface area contributed by atoms with Crippen molar-refractivity contribution < 1.29 is 4.74 Å². The SMILES string of the molecule is CCCN(CCC)[C@@H]1CCCc2cccc(OC)c2C1. The Morgan fingerprint density at radius 3 is 2.60 bits per heavy atom. The summed E-state index contributed by atoms with van der Waals surface area (Å²) in [6, 6.07) is 7.22. The van der Waals surface area contributed by atoms with Crippen LogP contribution in [0.25, 0.3) is 0 Å². The number of benzene rings is 1. The zero-order valence-corrected chi connectivity index (χ0v) is 13.3. The van der Waals surface area contributed by atoms with Crippen LogP contribution in [-0.4, -0.2) is 31.1 Å². The van der Waals surface area contributed by atoms with Gasteiger partial charge >= 0.3 is 0 Å². The molecule has 0 bridgehead atoms. The Balaban J connectivity index is 2.21. The van der Waals surface area contributed by atoms with Crippen LogP contribution in [0.15, 0.2) is 18.2 Å². The second kappa shape index (κ2) is 7.68. The molecule has 1 aromatic rings. The third-order valence-electron chi connectivity index (χ3n) is 4.41. The van der Waals surface area contributed by atoms with Gasteiger partial charge < -0.3 is 9.64 Å². The van der Waals surface area contributed by atoms with Crippen LogP contribution < -0.4 is 4.74 Å². The van der Waals surface area contributed by atoms with Gasteiger partial charge in [-0.05, 0) is 68.8 Å². The normalized spacial score (nSPS) is 18.7. The van der Waals surface area contributed by atoms with Gasteiger partial charge in [-0.1, -0.05) is 26.0 Å². The number of methoxy groups -OCH3 is 1. The molecule has 1 aliphatic carbocycles. The average Bonchev–Trinajstić information content (AvgIpc) is 2.68. The van der Waals surface area contributed by atoms with E-state index in [9.17, 15) is 0 Å². The van der Waals surface area contributed by atoms with Gasteiger partial charge in [0.1, 0.15) is 5.75 Å². The van der Waals surface area contributed by atoms with Crippen molar-refractivity contribution in [1.29, 1.82) is 0 Å². The molecule has 0 aromatic heterocycles. The Hall–Kier alpha value is -1.02. The largest absolute Gasteiger partial charge is 0.496 e. The molecule has 0 amide bonds. The van der Waals surface area contributed by atoms with Gasteiger partial charge in [0, 0.05) is 6.04 Å². The minimum atomic E-state index is 0.687. The van der Waals surface area contributed by atoms with Gasteiger partial charge in [-0.25, -0.2) is 0 Å². The van der Waals surface area contributed by atoms with Crippen LogP contribution in [0.3, 0.4) is 0 Å². The molecule has 0 unspecified atom stereocenters. The Bertz CT molecular complexity index is 410. The molecule has 0 heterocycles. The fourth-order valence-corrected chi connectivity index (χ4v) is 3.50. The van der Waals surface area contributed by atoms with E-state index in [1.54, 1.807) is 7.11 Å². The van der Waals surface area contributed by atoms with E-state index in [-0.39, 0.29) is 0 Å². The summed E-state index contributed by atoms with van der Waals surface area (Å²) in [6.07, 6.45) is 7.46. The number of hydrogen-bond acceptors (Lipinski definition) is 2. The van der Waals surface area contributed by atoms with Crippen LogP contribution in [0.5, 0.6) is 5.75 Å². The van der Waals surface area contributed by atoms with Gasteiger partial charge in [-0.2, -0.15) is 0 Å². The second-order valence-electron chi connectivity index (χ2n) is 5.88. The fourth-order valence-electron chi connectivity index (χ4n) is 3.50. The lowest BCUT2D eigenvalue weighted by Crippen LogP contribution is -2.37. The minimum absolute atomic E-state index is 0.687. The monoisotopic (exact) mass is 275 g/mol. The minimum Gasteiger partial charge on any atom is -0.496 e. The highest BCUT2D eigenvalue weighted by atomic mass is 16.5. The Morgan fingerprint density at radius 2 is 1.95 bits per heavy atom. The van der Waals surface area contributed by atoms with Crippen LogP contribution in [0.4, 0.5) is 0 Å². The topological polar surface area (TPSA) is 12.5 Å². The highest BCUT2D eigenvalue weighted by Gasteiger charge is 2.23. The van der Waals surface area contributed by atoms with Crippen molar-refractivity contribution in [2.75, 3.05) is 20.2 Å². The van der Waals surface area contributed by atoms with E-state index >= 15 is 0 Å². The van der Waals surface area contributed by atoms with E-state index in [2.05, 4.69) is 36.9 Å². The quantitative estimate of drug-likeness (QED) is 0.726. The van der Waals surface area contributed by atoms with Crippen LogP contribution in [0, 0.1) is 0 Å². The standard InChI is InChI=1S/C18H29NO/c1-4-12-19(13-5-2)16-10-6-8-15-9-7-11-18(20-3)17(15)14-16/h7,9,11,16H,4-6,8,10,12-14H2,1-3H3/t16-/m1/s1. The molecule has 0 saturated carbocycles. The van der Waals surface area contributed by atoms with Gasteiger partial charge in [-0.3, -0.25) is 0 Å². The van der Waals surface area contributed by atoms with E-state index in [4.69, 9.17) is 4.74 Å². The average molecular weight is 275 g/mol. The smallest absolute Gasteiger partial charge is 0.122 e. The van der Waals surface area contributed by atoms with Crippen molar-refractivity contribution in [3.05, 3.63) is 29.3 Å². The molecule has 0 N–H and O–H groups in total. The lowest BCUT2D eigenvalue weighted by molar-refractivity contribution is 0.184. The summed E-state index contributed by atoms with van der Waals surface area (Å²) in [5, 5.41) is 0. The van der Waals surface area contributed by atoms with Crippen molar-refractivity contribution in [3.8, 4) is 5.75 Å². The molecule has 112 valence electrons. The van der Waals surface area contributed by atoms with Gasteiger partial charge in [0.2, 0.25) is 0 Å². The maximum absolute atomic E-state index is 5.60. The summed E-state index contributed by atoms with van der Waals surface area (Å²) < 4.78 is 5.60. The highest BCUT2D eigenvalue weighted by Crippen LogP contribution is 2.30. The highest BCUT2D eigenvalue weighted by molar-refractivity contribution is 5.41. The van der Waals surface area contributed by atoms with Crippen LogP contribution >= 0.6 is 0 Å². The first-order valence-electron chi connectivity index (χ1n) is 8.18. The predicted molar refractivity (Wildman–Crippen MR) is 85.6 cm³/mol. The molecular formula is C18H29NO. The summed E-state index contributed by atoms with van der Waals surface area (Å²) in [7, 11) is 1.80. The van der Waals surface area contributed by atoms with E-state index in [1.165, 1.54) is 56.3 Å². The fraction of sp³-hybridized carbons (Fsp3) is 0.667. The third-order valence-corrected chi connectivity index (χ3v) is 4.41. The van der Waals surface area contributed by atoms with Gasteiger partial charge in [0.05, 0.1) is 7.11 Å². The summed E-state index contributed by atoms with van der Waals surface area (Å²) in [6.45, 7) is 7.02. The second-order valence-corrected chi connectivity index (χ2v) is 5.88. The third kappa shape index (κ3) is 3.54. The van der Waals surface area contributed by atoms with Gasteiger partial charge in [0.25, 0.3) is 0 Å². The zero-order chi connectivity index (χ0) is 14.4. The number of nitrogens with zero attached hydrogens (tertiary/aromatic N) is 1. The molecule has 2 nitrogen and oxygen atoms in total. The van der Waals surface area contributed by atoms with Crippen LogP contribution in [-0.2, 0) is 12.8 Å². The lowest BCUT2D eigenvalue weighted by atomic mass is 9.99. The summed E-state index contributed by atoms with van der Waals surface area (Å²) >= 11 is 0. The van der Waals surface area contributed by atoms with Crippen LogP contribution in [0.1, 0.15) is 50.7 Å². The molecule has 2 heteroatoms. The summed E-state index contributed by atoms with van der Waals surface area (Å²) in [5.41, 5.74) is 2.95. The van der Waals surface area contributed by atoms with E-state index < -0.39 is 0 Å². The number of aryl methyl sites for hydroxylation is 1. The summed E-state index contributed by atoms with van der Waals surface area (Å²) in [4.78, 5) is 2.70. The molecule has 0 saturated heterocycles. The maximum Gasteiger partial charge on any atom is 0.122 e. The van der Waals surface area contributed by atoms with Crippen molar-refractivity contribution >= 4 is 0 Å². The first kappa shape index (κ1) is 15.4. The summed E-state index contributed by atoms with van der Waals surface area (Å²) in [5.74, 6) is 1.09. The predicted octanol–water partition coefficient (Wildman–Crippen LogP) is 4.06. The number of fused-ring (bicyclic) bond motifs is 1. The molecule has 2 rings (SSSR count). The molecule has 0 spiro atoms. The maximum atomic E-state index is 5.60. The van der Waals surface area contributed by atoms with Crippen molar-refractivity contribution in [3.63, 3.8) is 0 Å². The van der Waals surface area contributed by atoms with E-state index in [1.807, 2.05) is 0 Å². The van der Waals surface area contributed by atoms with Crippen molar-refractivity contribution in [2.45, 2.75) is 58.4 Å². The molecule has 1 atom stereocenters. The van der Waals surface area contributed by atoms with Crippen LogP contribution in [0.2, 0.25) is 0 Å². The van der Waals surface area contributed by atoms with Crippen molar-refractivity contribution in [2.24, 2.45) is 0 Å². The van der Waals surface area contributed by atoms with Crippen molar-refractivity contribution in [1.82, 2.24) is 4.90 Å². The number of rotatable bonds is 6. The van der Waals surface area contributed by atoms with Gasteiger partial charge in [0.15, 0.2) is 0 Å². The molecule has 1 aliphatic rings. The molecule has 0 aliphatic heterocycles.